The Hall–Kier alpha value is -2.62. The van der Waals surface area contributed by atoms with Crippen LogP contribution in [0.1, 0.15) is 77.4 Å². The minimum absolute atomic E-state index is 0.417. The van der Waals surface area contributed by atoms with Gasteiger partial charge in [0.2, 0.25) is 0 Å². The van der Waals surface area contributed by atoms with Crippen LogP contribution in [0.5, 0.6) is 0 Å². The van der Waals surface area contributed by atoms with Gasteiger partial charge in [0.1, 0.15) is 0 Å². The average Bonchev–Trinajstić information content (AvgIpc) is 3.32. The van der Waals surface area contributed by atoms with Gasteiger partial charge < -0.3 is 9.88 Å². The van der Waals surface area contributed by atoms with E-state index in [0.29, 0.717) is 12.6 Å². The van der Waals surface area contributed by atoms with E-state index in [1.165, 1.54) is 30.5 Å². The number of nitrogens with one attached hydrogen (secondary N) is 1. The highest BCUT2D eigenvalue weighted by Crippen LogP contribution is 2.33. The van der Waals surface area contributed by atoms with Gasteiger partial charge in [-0.25, -0.2) is 0 Å². The number of hydrogen-bond donors (Lipinski definition) is 1. The van der Waals surface area contributed by atoms with E-state index in [2.05, 4.69) is 65.4 Å². The first-order chi connectivity index (χ1) is 17.7. The van der Waals surface area contributed by atoms with Crippen LogP contribution in [0.3, 0.4) is 0 Å². The Kier molecular flexibility index (Phi) is 13.3. The molecule has 0 saturated carbocycles. The standard InChI is InChI=1S/C28H32ClN3.2C2H6/c1-3-4-7-19-30-23-15-13-22(14-16-23)27-17-18-28(25-11-5-6-12-26(25)29)32(27)20-24-10-8-9-21(2)31-24;2*1-2/h5-6,8-15,17-18,23,30H,3-4,7,16,19-20H2,1-2H3;2*1-2H3. The second-order valence-corrected chi connectivity index (χ2v) is 8.87. The Morgan fingerprint density at radius 1 is 0.944 bits per heavy atom. The summed E-state index contributed by atoms with van der Waals surface area (Å²) in [5.74, 6) is 0. The summed E-state index contributed by atoms with van der Waals surface area (Å²) in [6.45, 7) is 14.1. The number of nitrogens with zero attached hydrogens (tertiary/aromatic N) is 2. The molecule has 0 bridgehead atoms. The lowest BCUT2D eigenvalue weighted by molar-refractivity contribution is 0.560. The van der Waals surface area contributed by atoms with Gasteiger partial charge in [0, 0.05) is 28.0 Å². The van der Waals surface area contributed by atoms with Crippen LogP contribution in [0.25, 0.3) is 16.8 Å². The van der Waals surface area contributed by atoms with Crippen LogP contribution in [0.2, 0.25) is 5.02 Å². The molecule has 0 spiro atoms. The topological polar surface area (TPSA) is 29.9 Å². The van der Waals surface area contributed by atoms with Crippen molar-refractivity contribution < 1.29 is 0 Å². The molecule has 1 N–H and O–H groups in total. The van der Waals surface area contributed by atoms with E-state index < -0.39 is 0 Å². The van der Waals surface area contributed by atoms with Crippen LogP contribution in [-0.4, -0.2) is 22.1 Å². The number of rotatable bonds is 9. The lowest BCUT2D eigenvalue weighted by atomic mass is 10.0. The number of halogens is 1. The van der Waals surface area contributed by atoms with Crippen molar-refractivity contribution in [2.24, 2.45) is 0 Å². The monoisotopic (exact) mass is 505 g/mol. The minimum Gasteiger partial charge on any atom is -0.334 e. The number of allylic oxidation sites excluding steroid dienone is 2. The summed E-state index contributed by atoms with van der Waals surface area (Å²) in [4.78, 5) is 4.75. The Morgan fingerprint density at radius 2 is 1.69 bits per heavy atom. The molecule has 1 aromatic carbocycles. The van der Waals surface area contributed by atoms with Gasteiger partial charge in [-0.1, -0.05) is 102 Å². The molecule has 1 atom stereocenters. The maximum Gasteiger partial charge on any atom is 0.0654 e. The third-order valence-corrected chi connectivity index (χ3v) is 6.31. The van der Waals surface area contributed by atoms with Crippen LogP contribution < -0.4 is 5.32 Å². The maximum atomic E-state index is 6.58. The third-order valence-electron chi connectivity index (χ3n) is 5.98. The molecule has 3 aromatic rings. The van der Waals surface area contributed by atoms with Crippen LogP contribution in [0.4, 0.5) is 0 Å². The number of pyridine rings is 1. The highest BCUT2D eigenvalue weighted by molar-refractivity contribution is 6.33. The number of unbranched alkanes of at least 4 members (excludes halogenated alkanes) is 2. The van der Waals surface area contributed by atoms with Gasteiger partial charge in [0.15, 0.2) is 0 Å². The van der Waals surface area contributed by atoms with E-state index in [9.17, 15) is 0 Å². The van der Waals surface area contributed by atoms with E-state index in [1.54, 1.807) is 0 Å². The first-order valence-corrected chi connectivity index (χ1v) is 14.0. The second kappa shape index (κ2) is 16.2. The number of aromatic nitrogens is 2. The summed E-state index contributed by atoms with van der Waals surface area (Å²) in [5, 5.41) is 4.43. The molecular weight excluding hydrogens is 462 g/mol. The zero-order chi connectivity index (χ0) is 26.3. The third kappa shape index (κ3) is 8.21. The molecule has 0 aliphatic heterocycles. The summed E-state index contributed by atoms with van der Waals surface area (Å²) in [5.41, 5.74) is 6.69. The van der Waals surface area contributed by atoms with Gasteiger partial charge >= 0.3 is 0 Å². The van der Waals surface area contributed by atoms with Gasteiger partial charge in [-0.2, -0.15) is 0 Å². The molecule has 2 aromatic heterocycles. The summed E-state index contributed by atoms with van der Waals surface area (Å²) in [6.07, 6.45) is 11.7. The lowest BCUT2D eigenvalue weighted by Gasteiger charge is -2.20. The fourth-order valence-electron chi connectivity index (χ4n) is 4.27. The van der Waals surface area contributed by atoms with E-state index in [4.69, 9.17) is 16.6 Å². The molecule has 1 unspecified atom stereocenters. The number of aryl methyl sites for hydroxylation is 1. The zero-order valence-electron chi connectivity index (χ0n) is 23.0. The van der Waals surface area contributed by atoms with Crippen molar-refractivity contribution in [1.29, 1.82) is 0 Å². The molecule has 1 aliphatic carbocycles. The van der Waals surface area contributed by atoms with Gasteiger partial charge in [0.25, 0.3) is 0 Å². The Bertz CT molecular complexity index is 1110. The SMILES string of the molecule is CC.CC.CCCCCNC1C=CC(c2ccc(-c3ccccc3Cl)n2Cc2cccc(C)n2)=CC1. The highest BCUT2D eigenvalue weighted by atomic mass is 35.5. The smallest absolute Gasteiger partial charge is 0.0654 e. The van der Waals surface area contributed by atoms with Crippen molar-refractivity contribution >= 4 is 17.2 Å². The maximum absolute atomic E-state index is 6.58. The number of hydrogen-bond acceptors (Lipinski definition) is 2. The normalized spacial score (nSPS) is 14.3. The summed E-state index contributed by atoms with van der Waals surface area (Å²) >= 11 is 6.58. The van der Waals surface area contributed by atoms with Crippen molar-refractivity contribution in [2.75, 3.05) is 6.54 Å². The molecule has 194 valence electrons. The highest BCUT2D eigenvalue weighted by Gasteiger charge is 2.17. The quantitative estimate of drug-likeness (QED) is 0.294. The molecular formula is C32H44ClN3. The van der Waals surface area contributed by atoms with Crippen molar-refractivity contribution in [2.45, 2.75) is 79.8 Å². The molecule has 3 nitrogen and oxygen atoms in total. The van der Waals surface area contributed by atoms with Crippen molar-refractivity contribution in [1.82, 2.24) is 14.9 Å². The van der Waals surface area contributed by atoms with Gasteiger partial charge in [-0.05, 0) is 62.2 Å². The second-order valence-electron chi connectivity index (χ2n) is 8.46. The largest absolute Gasteiger partial charge is 0.334 e. The summed E-state index contributed by atoms with van der Waals surface area (Å²) < 4.78 is 2.34. The van der Waals surface area contributed by atoms with Gasteiger partial charge in [0.05, 0.1) is 17.9 Å². The first kappa shape index (κ1) is 29.6. The van der Waals surface area contributed by atoms with Gasteiger partial charge in [-0.3, -0.25) is 4.98 Å². The van der Waals surface area contributed by atoms with Crippen LogP contribution >= 0.6 is 11.6 Å². The summed E-state index contributed by atoms with van der Waals surface area (Å²) in [7, 11) is 0. The first-order valence-electron chi connectivity index (χ1n) is 13.6. The van der Waals surface area contributed by atoms with Crippen molar-refractivity contribution in [3.63, 3.8) is 0 Å². The van der Waals surface area contributed by atoms with E-state index in [0.717, 1.165) is 40.6 Å². The molecule has 4 rings (SSSR count). The van der Waals surface area contributed by atoms with Crippen molar-refractivity contribution in [3.05, 3.63) is 94.9 Å². The van der Waals surface area contributed by atoms with Gasteiger partial charge in [-0.15, -0.1) is 0 Å². The Morgan fingerprint density at radius 3 is 2.36 bits per heavy atom. The predicted octanol–water partition coefficient (Wildman–Crippen LogP) is 9.10. The molecule has 0 radical (unpaired) electrons. The Balaban J connectivity index is 0.00000109. The lowest BCUT2D eigenvalue weighted by Crippen LogP contribution is -2.28. The van der Waals surface area contributed by atoms with E-state index in [1.807, 2.05) is 58.9 Å². The fraction of sp³-hybridized carbons (Fsp3) is 0.406. The molecule has 0 saturated heterocycles. The van der Waals surface area contributed by atoms with Crippen LogP contribution in [0, 0.1) is 6.92 Å². The molecule has 36 heavy (non-hydrogen) atoms. The molecule has 0 amide bonds. The summed E-state index contributed by atoms with van der Waals surface area (Å²) in [6, 6.07) is 19.1. The molecule has 4 heteroatoms. The minimum atomic E-state index is 0.417. The van der Waals surface area contributed by atoms with Crippen LogP contribution in [-0.2, 0) is 6.54 Å². The fourth-order valence-corrected chi connectivity index (χ4v) is 4.50. The van der Waals surface area contributed by atoms with E-state index >= 15 is 0 Å². The predicted molar refractivity (Wildman–Crippen MR) is 159 cm³/mol. The molecule has 1 aliphatic rings. The molecule has 0 fully saturated rings. The zero-order valence-corrected chi connectivity index (χ0v) is 23.8. The number of benzene rings is 1. The Labute approximate surface area is 224 Å². The average molecular weight is 506 g/mol. The molecule has 2 heterocycles. The van der Waals surface area contributed by atoms with E-state index in [-0.39, 0.29) is 0 Å². The van der Waals surface area contributed by atoms with Crippen LogP contribution in [0.15, 0.2) is 72.8 Å². The van der Waals surface area contributed by atoms with Crippen molar-refractivity contribution in [3.8, 4) is 11.3 Å².